The van der Waals surface area contributed by atoms with Gasteiger partial charge in [-0.3, -0.25) is 14.6 Å². The Balaban J connectivity index is 1.69. The molecule has 1 N–H and O–H groups in total. The Labute approximate surface area is 109 Å². The molecule has 2 rings (SSSR count). The molecule has 2 saturated heterocycles. The molecule has 2 fully saturated rings. The third kappa shape index (κ3) is 3.93. The second-order valence-electron chi connectivity index (χ2n) is 5.10. The first-order valence-electron chi connectivity index (χ1n) is 7.12. The third-order valence-corrected chi connectivity index (χ3v) is 3.89. The van der Waals surface area contributed by atoms with Crippen LogP contribution in [-0.2, 0) is 9.53 Å². The number of piperidine rings is 1. The molecule has 0 aromatic carbocycles. The summed E-state index contributed by atoms with van der Waals surface area (Å²) in [7, 11) is 0. The Morgan fingerprint density at radius 2 is 1.89 bits per heavy atom. The van der Waals surface area contributed by atoms with Gasteiger partial charge in [0.05, 0.1) is 13.2 Å². The minimum atomic E-state index is -0.0900. The molecule has 104 valence electrons. The van der Waals surface area contributed by atoms with E-state index < -0.39 is 0 Å². The first-order chi connectivity index (χ1) is 8.79. The predicted molar refractivity (Wildman–Crippen MR) is 70.5 cm³/mol. The van der Waals surface area contributed by atoms with Gasteiger partial charge < -0.3 is 10.1 Å². The van der Waals surface area contributed by atoms with Crippen molar-refractivity contribution < 1.29 is 9.53 Å². The lowest BCUT2D eigenvalue weighted by Crippen LogP contribution is -2.53. The van der Waals surface area contributed by atoms with Crippen LogP contribution in [0.5, 0.6) is 0 Å². The van der Waals surface area contributed by atoms with Crippen LogP contribution >= 0.6 is 0 Å². The van der Waals surface area contributed by atoms with E-state index >= 15 is 0 Å². The molecular weight excluding hydrogens is 230 g/mol. The van der Waals surface area contributed by atoms with E-state index in [9.17, 15) is 4.79 Å². The van der Waals surface area contributed by atoms with E-state index in [4.69, 9.17) is 4.74 Å². The fourth-order valence-corrected chi connectivity index (χ4v) is 2.85. The molecule has 0 bridgehead atoms. The van der Waals surface area contributed by atoms with Crippen LogP contribution in [0.1, 0.15) is 19.8 Å². The van der Waals surface area contributed by atoms with Crippen molar-refractivity contribution in [3.8, 4) is 0 Å². The number of nitrogens with zero attached hydrogens (tertiary/aromatic N) is 2. The van der Waals surface area contributed by atoms with Crippen molar-refractivity contribution >= 4 is 5.97 Å². The number of rotatable bonds is 4. The minimum Gasteiger partial charge on any atom is -0.465 e. The summed E-state index contributed by atoms with van der Waals surface area (Å²) in [6.45, 7) is 9.23. The highest BCUT2D eigenvalue weighted by Crippen LogP contribution is 2.14. The smallest absolute Gasteiger partial charge is 0.320 e. The monoisotopic (exact) mass is 255 g/mol. The fraction of sp³-hybridized carbons (Fsp3) is 0.923. The predicted octanol–water partition coefficient (Wildman–Crippen LogP) is -0.0809. The van der Waals surface area contributed by atoms with Crippen molar-refractivity contribution in [2.45, 2.75) is 25.8 Å². The summed E-state index contributed by atoms with van der Waals surface area (Å²) < 4.78 is 4.99. The molecule has 0 saturated carbocycles. The summed E-state index contributed by atoms with van der Waals surface area (Å²) in [6.07, 6.45) is 2.52. The molecule has 0 amide bonds. The van der Waals surface area contributed by atoms with E-state index in [2.05, 4.69) is 15.1 Å². The molecule has 18 heavy (non-hydrogen) atoms. The Bertz CT molecular complexity index is 259. The van der Waals surface area contributed by atoms with Crippen LogP contribution in [0.3, 0.4) is 0 Å². The number of carbonyl (C=O) groups is 1. The summed E-state index contributed by atoms with van der Waals surface area (Å²) in [4.78, 5) is 16.2. The molecule has 2 aliphatic heterocycles. The zero-order valence-corrected chi connectivity index (χ0v) is 11.4. The molecule has 0 aliphatic carbocycles. The standard InChI is InChI=1S/C13H25N3O2/c1-2-18-13(17)11-15-7-9-16(10-8-15)12-3-5-14-6-4-12/h12,14H,2-11H2,1H3. The quantitative estimate of drug-likeness (QED) is 0.712. The van der Waals surface area contributed by atoms with Crippen LogP contribution in [0.15, 0.2) is 0 Å². The van der Waals surface area contributed by atoms with Crippen LogP contribution in [0, 0.1) is 0 Å². The highest BCUT2D eigenvalue weighted by Gasteiger charge is 2.25. The number of hydrogen-bond donors (Lipinski definition) is 1. The van der Waals surface area contributed by atoms with Crippen LogP contribution < -0.4 is 5.32 Å². The van der Waals surface area contributed by atoms with Crippen LogP contribution in [0.25, 0.3) is 0 Å². The maximum atomic E-state index is 11.4. The van der Waals surface area contributed by atoms with Gasteiger partial charge in [0, 0.05) is 32.2 Å². The molecule has 0 aromatic rings. The van der Waals surface area contributed by atoms with E-state index in [0.717, 1.165) is 45.3 Å². The first-order valence-corrected chi connectivity index (χ1v) is 7.12. The first kappa shape index (κ1) is 13.8. The lowest BCUT2D eigenvalue weighted by atomic mass is 10.0. The summed E-state index contributed by atoms with van der Waals surface area (Å²) in [6, 6.07) is 0.746. The van der Waals surface area contributed by atoms with Gasteiger partial charge in [0.1, 0.15) is 0 Å². The zero-order chi connectivity index (χ0) is 12.8. The number of piperazine rings is 1. The van der Waals surface area contributed by atoms with Crippen molar-refractivity contribution in [2.24, 2.45) is 0 Å². The van der Waals surface area contributed by atoms with Gasteiger partial charge in [0.15, 0.2) is 0 Å². The molecule has 2 heterocycles. The number of ether oxygens (including phenoxy) is 1. The van der Waals surface area contributed by atoms with Gasteiger partial charge >= 0.3 is 5.97 Å². The maximum absolute atomic E-state index is 11.4. The molecule has 0 spiro atoms. The van der Waals surface area contributed by atoms with Gasteiger partial charge in [-0.15, -0.1) is 0 Å². The Hall–Kier alpha value is -0.650. The van der Waals surface area contributed by atoms with E-state index in [1.54, 1.807) is 0 Å². The molecule has 2 aliphatic rings. The van der Waals surface area contributed by atoms with E-state index in [0.29, 0.717) is 13.2 Å². The number of nitrogens with one attached hydrogen (secondary N) is 1. The molecule has 0 unspecified atom stereocenters. The molecule has 5 nitrogen and oxygen atoms in total. The second kappa shape index (κ2) is 7.07. The molecular formula is C13H25N3O2. The second-order valence-corrected chi connectivity index (χ2v) is 5.10. The van der Waals surface area contributed by atoms with Gasteiger partial charge in [-0.25, -0.2) is 0 Å². The van der Waals surface area contributed by atoms with Crippen LogP contribution in [0.2, 0.25) is 0 Å². The van der Waals surface area contributed by atoms with Crippen molar-refractivity contribution in [3.05, 3.63) is 0 Å². The molecule has 5 heteroatoms. The largest absolute Gasteiger partial charge is 0.465 e. The summed E-state index contributed by atoms with van der Waals surface area (Å²) >= 11 is 0. The highest BCUT2D eigenvalue weighted by atomic mass is 16.5. The molecule has 0 aromatic heterocycles. The maximum Gasteiger partial charge on any atom is 0.320 e. The van der Waals surface area contributed by atoms with Gasteiger partial charge in [0.25, 0.3) is 0 Å². The number of carbonyl (C=O) groups excluding carboxylic acids is 1. The average Bonchev–Trinajstić information content (AvgIpc) is 2.41. The molecule has 0 atom stereocenters. The average molecular weight is 255 g/mol. The lowest BCUT2D eigenvalue weighted by molar-refractivity contribution is -0.144. The van der Waals surface area contributed by atoms with Crippen LogP contribution in [-0.4, -0.2) is 74.2 Å². The van der Waals surface area contributed by atoms with Crippen molar-refractivity contribution in [1.82, 2.24) is 15.1 Å². The Morgan fingerprint density at radius 3 is 2.50 bits per heavy atom. The van der Waals surface area contributed by atoms with Gasteiger partial charge in [-0.05, 0) is 32.9 Å². The van der Waals surface area contributed by atoms with Gasteiger partial charge in [0.2, 0.25) is 0 Å². The third-order valence-electron chi connectivity index (χ3n) is 3.89. The van der Waals surface area contributed by atoms with E-state index in [1.807, 2.05) is 6.92 Å². The van der Waals surface area contributed by atoms with Gasteiger partial charge in [-0.2, -0.15) is 0 Å². The summed E-state index contributed by atoms with van der Waals surface area (Å²) in [5, 5.41) is 3.40. The highest BCUT2D eigenvalue weighted by molar-refractivity contribution is 5.71. The van der Waals surface area contributed by atoms with Crippen molar-refractivity contribution in [1.29, 1.82) is 0 Å². The summed E-state index contributed by atoms with van der Waals surface area (Å²) in [5.41, 5.74) is 0. The Morgan fingerprint density at radius 1 is 1.22 bits per heavy atom. The lowest BCUT2D eigenvalue weighted by Gasteiger charge is -2.40. The van der Waals surface area contributed by atoms with E-state index in [1.165, 1.54) is 12.8 Å². The number of esters is 1. The van der Waals surface area contributed by atoms with Crippen molar-refractivity contribution in [2.75, 3.05) is 52.4 Å². The number of hydrogen-bond acceptors (Lipinski definition) is 5. The topological polar surface area (TPSA) is 44.8 Å². The fourth-order valence-electron chi connectivity index (χ4n) is 2.85. The SMILES string of the molecule is CCOC(=O)CN1CCN(C2CCNCC2)CC1. The van der Waals surface area contributed by atoms with Crippen LogP contribution in [0.4, 0.5) is 0 Å². The van der Waals surface area contributed by atoms with E-state index in [-0.39, 0.29) is 5.97 Å². The summed E-state index contributed by atoms with van der Waals surface area (Å²) in [5.74, 6) is -0.0900. The molecule has 0 radical (unpaired) electrons. The van der Waals surface area contributed by atoms with Gasteiger partial charge in [-0.1, -0.05) is 0 Å². The zero-order valence-electron chi connectivity index (χ0n) is 11.4. The minimum absolute atomic E-state index is 0.0900. The normalized spacial score (nSPS) is 24.1. The van der Waals surface area contributed by atoms with Crippen molar-refractivity contribution in [3.63, 3.8) is 0 Å². The Kier molecular flexibility index (Phi) is 5.41.